The molecular formula is C34H47N3O6. The summed E-state index contributed by atoms with van der Waals surface area (Å²) < 4.78 is 13.2. The van der Waals surface area contributed by atoms with Crippen molar-refractivity contribution >= 4 is 11.9 Å². The summed E-state index contributed by atoms with van der Waals surface area (Å²) in [6, 6.07) is 16.6. The van der Waals surface area contributed by atoms with Crippen LogP contribution in [-0.4, -0.2) is 76.8 Å². The van der Waals surface area contributed by atoms with Gasteiger partial charge in [-0.25, -0.2) is 0 Å². The lowest BCUT2D eigenvalue weighted by Crippen LogP contribution is -2.45. The fourth-order valence-corrected chi connectivity index (χ4v) is 6.54. The molecule has 3 fully saturated rings. The van der Waals surface area contributed by atoms with Crippen LogP contribution in [0.4, 0.5) is 0 Å². The number of rotatable bonds is 14. The molecule has 5 rings (SSSR count). The van der Waals surface area contributed by atoms with Gasteiger partial charge in [0.25, 0.3) is 0 Å². The lowest BCUT2D eigenvalue weighted by molar-refractivity contribution is -0.253. The number of carbonyl (C=O) groups excluding carboxylic acids is 1. The van der Waals surface area contributed by atoms with Crippen LogP contribution in [0.3, 0.4) is 0 Å². The number of carbonyl (C=O) groups is 2. The zero-order valence-electron chi connectivity index (χ0n) is 25.2. The zero-order valence-corrected chi connectivity index (χ0v) is 25.2. The van der Waals surface area contributed by atoms with Crippen LogP contribution in [0.1, 0.15) is 92.4 Å². The van der Waals surface area contributed by atoms with Crippen molar-refractivity contribution in [3.05, 3.63) is 70.8 Å². The van der Waals surface area contributed by atoms with Gasteiger partial charge in [0.1, 0.15) is 0 Å². The molecule has 0 spiro atoms. The Labute approximate surface area is 255 Å². The molecule has 2 aromatic carbocycles. The number of aliphatic carboxylic acids is 1. The van der Waals surface area contributed by atoms with E-state index in [0.717, 1.165) is 48.3 Å². The molecule has 3 heterocycles. The number of benzene rings is 2. The fourth-order valence-electron chi connectivity index (χ4n) is 6.54. The van der Waals surface area contributed by atoms with Crippen LogP contribution in [-0.2, 0) is 32.2 Å². The Bertz CT molecular complexity index is 1170. The highest BCUT2D eigenvalue weighted by molar-refractivity contribution is 5.75. The number of carboxylic acid groups (broad SMARTS) is 1. The monoisotopic (exact) mass is 593 g/mol. The smallest absolute Gasteiger partial charge is 0.303 e. The number of hydrogen-bond acceptors (Lipinski definition) is 7. The van der Waals surface area contributed by atoms with Crippen molar-refractivity contribution in [2.75, 3.05) is 32.7 Å². The normalized spacial score (nSPS) is 24.8. The number of nitrogens with one attached hydrogen (secondary N) is 1. The van der Waals surface area contributed by atoms with Crippen molar-refractivity contribution in [3.8, 4) is 0 Å². The molecule has 0 saturated carbocycles. The molecule has 0 bridgehead atoms. The Balaban J connectivity index is 1.21. The first-order valence-corrected chi connectivity index (χ1v) is 16.0. The number of hydrogen-bond donors (Lipinski definition) is 3. The number of aliphatic hydroxyl groups excluding tert-OH is 1. The van der Waals surface area contributed by atoms with Gasteiger partial charge in [-0.2, -0.15) is 0 Å². The summed E-state index contributed by atoms with van der Waals surface area (Å²) in [5.41, 5.74) is 3.90. The van der Waals surface area contributed by atoms with Crippen molar-refractivity contribution in [2.45, 2.75) is 95.5 Å². The third-order valence-electron chi connectivity index (χ3n) is 9.01. The summed E-state index contributed by atoms with van der Waals surface area (Å²) >= 11 is 0. The summed E-state index contributed by atoms with van der Waals surface area (Å²) in [7, 11) is 0. The first-order valence-electron chi connectivity index (χ1n) is 16.0. The maximum absolute atomic E-state index is 12.2. The third-order valence-corrected chi connectivity index (χ3v) is 9.01. The van der Waals surface area contributed by atoms with E-state index in [2.05, 4.69) is 27.2 Å². The van der Waals surface area contributed by atoms with Gasteiger partial charge in [-0.1, -0.05) is 48.5 Å². The number of ether oxygens (including phenoxy) is 2. The molecule has 0 unspecified atom stereocenters. The van der Waals surface area contributed by atoms with Crippen LogP contribution >= 0.6 is 0 Å². The van der Waals surface area contributed by atoms with Gasteiger partial charge >= 0.3 is 5.97 Å². The highest BCUT2D eigenvalue weighted by Gasteiger charge is 2.36. The van der Waals surface area contributed by atoms with Gasteiger partial charge in [-0.3, -0.25) is 14.5 Å². The van der Waals surface area contributed by atoms with Crippen molar-refractivity contribution < 1.29 is 29.3 Å². The molecule has 9 heteroatoms. The van der Waals surface area contributed by atoms with Gasteiger partial charge in [0.05, 0.1) is 18.8 Å². The average molecular weight is 594 g/mol. The van der Waals surface area contributed by atoms with Gasteiger partial charge in [0.15, 0.2) is 6.29 Å². The maximum atomic E-state index is 12.2. The molecule has 2 aromatic rings. The van der Waals surface area contributed by atoms with Crippen LogP contribution < -0.4 is 5.32 Å². The van der Waals surface area contributed by atoms with Crippen LogP contribution in [0.5, 0.6) is 0 Å². The number of nitrogens with zero attached hydrogens (tertiary/aromatic N) is 2. The molecule has 9 nitrogen and oxygen atoms in total. The van der Waals surface area contributed by atoms with Gasteiger partial charge in [-0.05, 0) is 74.8 Å². The van der Waals surface area contributed by atoms with Crippen LogP contribution in [0.15, 0.2) is 48.5 Å². The number of carboxylic acids is 1. The summed E-state index contributed by atoms with van der Waals surface area (Å²) in [6.45, 7) is 6.03. The highest BCUT2D eigenvalue weighted by atomic mass is 16.7. The molecule has 4 atom stereocenters. The Kier molecular flexibility index (Phi) is 11.6. The van der Waals surface area contributed by atoms with E-state index in [1.807, 2.05) is 36.4 Å². The average Bonchev–Trinajstić information content (AvgIpc) is 3.71. The maximum Gasteiger partial charge on any atom is 0.303 e. The Morgan fingerprint density at radius 2 is 1.53 bits per heavy atom. The predicted octanol–water partition coefficient (Wildman–Crippen LogP) is 4.55. The summed E-state index contributed by atoms with van der Waals surface area (Å²) in [6.07, 6.45) is 6.78. The third kappa shape index (κ3) is 9.33. The molecule has 43 heavy (non-hydrogen) atoms. The van der Waals surface area contributed by atoms with E-state index in [1.165, 1.54) is 38.8 Å². The molecule has 3 saturated heterocycles. The topological polar surface area (TPSA) is 112 Å². The SMILES string of the molecule is O=C(O)CCCCC(=O)NCc1ccc([C@@H]2O[C@H](CN3CCC[C@H]3CN3CCCC3)C[C@H](c3ccc(CO)cc3)O2)cc1. The van der Waals surface area contributed by atoms with Crippen LogP contribution in [0.25, 0.3) is 0 Å². The van der Waals surface area contributed by atoms with Crippen molar-refractivity contribution in [2.24, 2.45) is 0 Å². The Hall–Kier alpha value is -2.82. The molecule has 3 aliphatic heterocycles. The lowest BCUT2D eigenvalue weighted by atomic mass is 9.99. The number of likely N-dealkylation sites (tertiary alicyclic amines) is 2. The van der Waals surface area contributed by atoms with Crippen LogP contribution in [0, 0.1) is 0 Å². The molecule has 1 amide bonds. The first-order chi connectivity index (χ1) is 21.0. The second-order valence-corrected chi connectivity index (χ2v) is 12.3. The molecule has 234 valence electrons. The highest BCUT2D eigenvalue weighted by Crippen LogP contribution is 2.39. The van der Waals surface area contributed by atoms with Gasteiger partial charge < -0.3 is 29.9 Å². The number of unbranched alkanes of at least 4 members (excludes halogenated alkanes) is 1. The van der Waals surface area contributed by atoms with E-state index < -0.39 is 12.3 Å². The standard InChI is InChI=1S/C34H47N3O6/c38-24-26-11-13-27(14-12-26)31-20-30(23-37-19-5-6-29(37)22-36-17-3-4-18-36)42-34(43-31)28-15-9-25(10-16-28)21-35-32(39)7-1-2-8-33(40)41/h9-16,29-31,34,38H,1-8,17-24H2,(H,35,39)(H,40,41)/t29-,30-,31+,34+/m0/s1. The second kappa shape index (κ2) is 15.8. The first kappa shape index (κ1) is 31.6. The second-order valence-electron chi connectivity index (χ2n) is 12.3. The largest absolute Gasteiger partial charge is 0.481 e. The van der Waals surface area contributed by atoms with Gasteiger partial charge in [0, 0.05) is 50.5 Å². The van der Waals surface area contributed by atoms with Crippen LogP contribution in [0.2, 0.25) is 0 Å². The van der Waals surface area contributed by atoms with E-state index in [4.69, 9.17) is 14.6 Å². The van der Waals surface area contributed by atoms with E-state index >= 15 is 0 Å². The van der Waals surface area contributed by atoms with E-state index in [0.29, 0.717) is 31.8 Å². The molecular weight excluding hydrogens is 546 g/mol. The lowest BCUT2D eigenvalue weighted by Gasteiger charge is -2.39. The van der Waals surface area contributed by atoms with E-state index in [-0.39, 0.29) is 31.1 Å². The zero-order chi connectivity index (χ0) is 30.0. The summed E-state index contributed by atoms with van der Waals surface area (Å²) in [4.78, 5) is 28.1. The molecule has 3 aliphatic rings. The van der Waals surface area contributed by atoms with Crippen molar-refractivity contribution in [1.82, 2.24) is 15.1 Å². The minimum absolute atomic E-state index is 0.0189. The van der Waals surface area contributed by atoms with Crippen molar-refractivity contribution in [3.63, 3.8) is 0 Å². The summed E-state index contributed by atoms with van der Waals surface area (Å²) in [5.74, 6) is -0.905. The fraction of sp³-hybridized carbons (Fsp3) is 0.588. The van der Waals surface area contributed by atoms with E-state index in [9.17, 15) is 14.7 Å². The minimum Gasteiger partial charge on any atom is -0.481 e. The minimum atomic E-state index is -0.832. The molecule has 0 aliphatic carbocycles. The quantitative estimate of drug-likeness (QED) is 0.274. The number of aliphatic hydroxyl groups is 1. The molecule has 3 N–H and O–H groups in total. The Morgan fingerprint density at radius 1 is 0.837 bits per heavy atom. The summed E-state index contributed by atoms with van der Waals surface area (Å²) in [5, 5.41) is 21.2. The van der Waals surface area contributed by atoms with Gasteiger partial charge in [0.2, 0.25) is 5.91 Å². The number of amides is 1. The predicted molar refractivity (Wildman–Crippen MR) is 163 cm³/mol. The van der Waals surface area contributed by atoms with Gasteiger partial charge in [-0.15, -0.1) is 0 Å². The molecule has 0 radical (unpaired) electrons. The Morgan fingerprint density at radius 3 is 2.26 bits per heavy atom. The van der Waals surface area contributed by atoms with E-state index in [1.54, 1.807) is 0 Å². The molecule has 0 aromatic heterocycles. The van der Waals surface area contributed by atoms with Crippen molar-refractivity contribution in [1.29, 1.82) is 0 Å².